The molecule has 0 spiro atoms. The summed E-state index contributed by atoms with van der Waals surface area (Å²) in [5, 5.41) is 0. The SMILES string of the molecule is COc1ccc(C(=O)CSCCS(C)(=O)=O)cc1. The minimum atomic E-state index is -2.94. The van der Waals surface area contributed by atoms with Crippen molar-refractivity contribution in [3.63, 3.8) is 0 Å². The lowest BCUT2D eigenvalue weighted by molar-refractivity contribution is 0.102. The van der Waals surface area contributed by atoms with Crippen molar-refractivity contribution in [2.75, 3.05) is 30.6 Å². The van der Waals surface area contributed by atoms with E-state index >= 15 is 0 Å². The molecule has 1 rings (SSSR count). The predicted molar refractivity (Wildman–Crippen MR) is 74.4 cm³/mol. The summed E-state index contributed by atoms with van der Waals surface area (Å²) in [5.74, 6) is 1.54. The molecular formula is C12H16O4S2. The van der Waals surface area contributed by atoms with Crippen LogP contribution in [0.15, 0.2) is 24.3 Å². The van der Waals surface area contributed by atoms with E-state index in [-0.39, 0.29) is 11.5 Å². The molecule has 100 valence electrons. The van der Waals surface area contributed by atoms with Gasteiger partial charge in [-0.3, -0.25) is 4.79 Å². The standard InChI is InChI=1S/C12H16O4S2/c1-16-11-5-3-10(4-6-11)12(13)9-17-7-8-18(2,14)15/h3-6H,7-9H2,1-2H3. The molecule has 0 bridgehead atoms. The summed E-state index contributed by atoms with van der Waals surface area (Å²) in [6.07, 6.45) is 1.19. The maximum Gasteiger partial charge on any atom is 0.172 e. The van der Waals surface area contributed by atoms with Crippen molar-refractivity contribution in [3.8, 4) is 5.75 Å². The number of Topliss-reactive ketones (excluding diaryl/α,β-unsaturated/α-hetero) is 1. The Hall–Kier alpha value is -1.01. The van der Waals surface area contributed by atoms with Crippen molar-refractivity contribution in [3.05, 3.63) is 29.8 Å². The number of rotatable bonds is 7. The van der Waals surface area contributed by atoms with Crippen LogP contribution in [-0.2, 0) is 9.84 Å². The van der Waals surface area contributed by atoms with Gasteiger partial charge in [0.1, 0.15) is 15.6 Å². The fourth-order valence-corrected chi connectivity index (χ4v) is 3.41. The van der Waals surface area contributed by atoms with Crippen molar-refractivity contribution in [2.45, 2.75) is 0 Å². The molecule has 0 N–H and O–H groups in total. The fourth-order valence-electron chi connectivity index (χ4n) is 1.24. The summed E-state index contributed by atoms with van der Waals surface area (Å²) in [7, 11) is -1.38. The summed E-state index contributed by atoms with van der Waals surface area (Å²) < 4.78 is 26.8. The smallest absolute Gasteiger partial charge is 0.172 e. The minimum Gasteiger partial charge on any atom is -0.497 e. The second-order valence-corrected chi connectivity index (χ2v) is 7.20. The van der Waals surface area contributed by atoms with E-state index in [2.05, 4.69) is 0 Å². The van der Waals surface area contributed by atoms with Crippen LogP contribution < -0.4 is 4.74 Å². The molecule has 1 aromatic rings. The zero-order valence-electron chi connectivity index (χ0n) is 10.4. The van der Waals surface area contributed by atoms with Crippen molar-refractivity contribution < 1.29 is 17.9 Å². The van der Waals surface area contributed by atoms with Gasteiger partial charge in [0, 0.05) is 17.6 Å². The lowest BCUT2D eigenvalue weighted by Gasteiger charge is -2.03. The van der Waals surface area contributed by atoms with Gasteiger partial charge in [-0.25, -0.2) is 8.42 Å². The Morgan fingerprint density at radius 1 is 1.28 bits per heavy atom. The maximum atomic E-state index is 11.8. The van der Waals surface area contributed by atoms with Crippen molar-refractivity contribution in [1.82, 2.24) is 0 Å². The van der Waals surface area contributed by atoms with Crippen LogP contribution in [0.4, 0.5) is 0 Å². The molecule has 0 saturated carbocycles. The number of hydrogen-bond acceptors (Lipinski definition) is 5. The van der Waals surface area contributed by atoms with E-state index in [1.165, 1.54) is 18.0 Å². The van der Waals surface area contributed by atoms with E-state index < -0.39 is 9.84 Å². The molecule has 0 aromatic heterocycles. The summed E-state index contributed by atoms with van der Waals surface area (Å²) in [5.41, 5.74) is 0.614. The summed E-state index contributed by atoms with van der Waals surface area (Å²) in [6, 6.07) is 6.87. The van der Waals surface area contributed by atoms with Crippen molar-refractivity contribution >= 4 is 27.4 Å². The molecule has 0 amide bonds. The molecule has 0 fully saturated rings. The van der Waals surface area contributed by atoms with Gasteiger partial charge in [0.05, 0.1) is 18.6 Å². The number of sulfone groups is 1. The van der Waals surface area contributed by atoms with E-state index in [1.807, 2.05) is 0 Å². The van der Waals surface area contributed by atoms with Gasteiger partial charge in [-0.15, -0.1) is 0 Å². The number of ketones is 1. The third-order valence-electron chi connectivity index (χ3n) is 2.24. The third kappa shape index (κ3) is 5.55. The van der Waals surface area contributed by atoms with E-state index in [0.29, 0.717) is 22.8 Å². The number of carbonyl (C=O) groups is 1. The van der Waals surface area contributed by atoms with Crippen LogP contribution >= 0.6 is 11.8 Å². The minimum absolute atomic E-state index is 0.00356. The van der Waals surface area contributed by atoms with Crippen LogP contribution in [0.25, 0.3) is 0 Å². The zero-order valence-corrected chi connectivity index (χ0v) is 12.0. The Kier molecular flexibility index (Phi) is 5.68. The van der Waals surface area contributed by atoms with Crippen LogP contribution in [0.1, 0.15) is 10.4 Å². The molecule has 0 atom stereocenters. The molecule has 0 heterocycles. The topological polar surface area (TPSA) is 60.4 Å². The van der Waals surface area contributed by atoms with Gasteiger partial charge in [0.15, 0.2) is 5.78 Å². The second kappa shape index (κ2) is 6.80. The van der Waals surface area contributed by atoms with E-state index in [4.69, 9.17) is 4.74 Å². The van der Waals surface area contributed by atoms with Gasteiger partial charge in [-0.1, -0.05) is 0 Å². The number of carbonyl (C=O) groups excluding carboxylic acids is 1. The van der Waals surface area contributed by atoms with Gasteiger partial charge in [0.2, 0.25) is 0 Å². The van der Waals surface area contributed by atoms with Crippen molar-refractivity contribution in [1.29, 1.82) is 0 Å². The molecule has 0 aliphatic carbocycles. The highest BCUT2D eigenvalue weighted by molar-refractivity contribution is 8.01. The van der Waals surface area contributed by atoms with Crippen molar-refractivity contribution in [2.24, 2.45) is 0 Å². The average molecular weight is 288 g/mol. The predicted octanol–water partition coefficient (Wildman–Crippen LogP) is 1.66. The molecule has 1 aromatic carbocycles. The van der Waals surface area contributed by atoms with E-state index in [9.17, 15) is 13.2 Å². The quantitative estimate of drug-likeness (QED) is 0.564. The first-order valence-electron chi connectivity index (χ1n) is 5.35. The lowest BCUT2D eigenvalue weighted by Crippen LogP contribution is -2.08. The first-order chi connectivity index (χ1) is 8.42. The first kappa shape index (κ1) is 15.0. The zero-order chi connectivity index (χ0) is 13.6. The molecule has 0 saturated heterocycles. The van der Waals surface area contributed by atoms with Gasteiger partial charge in [-0.2, -0.15) is 11.8 Å². The summed E-state index contributed by atoms with van der Waals surface area (Å²) >= 11 is 1.33. The molecule has 0 aliphatic heterocycles. The number of thioether (sulfide) groups is 1. The normalized spacial score (nSPS) is 11.2. The molecule has 0 aliphatic rings. The van der Waals surface area contributed by atoms with Gasteiger partial charge in [0.25, 0.3) is 0 Å². The number of ether oxygens (including phenoxy) is 1. The third-order valence-corrected chi connectivity index (χ3v) is 4.41. The number of hydrogen-bond donors (Lipinski definition) is 0. The molecule has 4 nitrogen and oxygen atoms in total. The second-order valence-electron chi connectivity index (χ2n) is 3.83. The Labute approximate surface area is 112 Å². The Morgan fingerprint density at radius 3 is 2.39 bits per heavy atom. The number of benzene rings is 1. The number of methoxy groups -OCH3 is 1. The van der Waals surface area contributed by atoms with Gasteiger partial charge >= 0.3 is 0 Å². The molecule has 18 heavy (non-hydrogen) atoms. The van der Waals surface area contributed by atoms with Crippen LogP contribution in [0, 0.1) is 0 Å². The highest BCUT2D eigenvalue weighted by Crippen LogP contribution is 2.13. The highest BCUT2D eigenvalue weighted by atomic mass is 32.2. The summed E-state index contributed by atoms with van der Waals surface area (Å²) in [4.78, 5) is 11.8. The molecular weight excluding hydrogens is 272 g/mol. The fraction of sp³-hybridized carbons (Fsp3) is 0.417. The highest BCUT2D eigenvalue weighted by Gasteiger charge is 2.07. The monoisotopic (exact) mass is 288 g/mol. The van der Waals surface area contributed by atoms with Gasteiger partial charge in [-0.05, 0) is 24.3 Å². The molecule has 0 radical (unpaired) electrons. The van der Waals surface area contributed by atoms with E-state index in [1.54, 1.807) is 31.4 Å². The molecule has 6 heteroatoms. The van der Waals surface area contributed by atoms with Crippen LogP contribution in [0.5, 0.6) is 5.75 Å². The van der Waals surface area contributed by atoms with Gasteiger partial charge < -0.3 is 4.74 Å². The Morgan fingerprint density at radius 2 is 1.89 bits per heavy atom. The van der Waals surface area contributed by atoms with Crippen LogP contribution in [0.3, 0.4) is 0 Å². The Balaban J connectivity index is 2.40. The van der Waals surface area contributed by atoms with E-state index in [0.717, 1.165) is 0 Å². The summed E-state index contributed by atoms with van der Waals surface area (Å²) in [6.45, 7) is 0. The average Bonchev–Trinajstić information content (AvgIpc) is 2.33. The van der Waals surface area contributed by atoms with Crippen LogP contribution in [0.2, 0.25) is 0 Å². The van der Waals surface area contributed by atoms with Crippen LogP contribution in [-0.4, -0.2) is 44.8 Å². The Bertz CT molecular complexity index is 491. The maximum absolute atomic E-state index is 11.8. The first-order valence-corrected chi connectivity index (χ1v) is 8.56. The lowest BCUT2D eigenvalue weighted by atomic mass is 10.1. The molecule has 0 unspecified atom stereocenters. The largest absolute Gasteiger partial charge is 0.497 e.